The van der Waals surface area contributed by atoms with Gasteiger partial charge in [0.25, 0.3) is 0 Å². The Balaban J connectivity index is 1.98. The zero-order valence-electron chi connectivity index (χ0n) is 8.96. The first-order chi connectivity index (χ1) is 6.83. The van der Waals surface area contributed by atoms with Crippen molar-refractivity contribution in [3.63, 3.8) is 0 Å². The first-order valence-corrected chi connectivity index (χ1v) is 5.41. The molecule has 0 bridgehead atoms. The molecule has 1 saturated carbocycles. The van der Waals surface area contributed by atoms with Crippen LogP contribution in [0.3, 0.4) is 0 Å². The van der Waals surface area contributed by atoms with Gasteiger partial charge in [-0.25, -0.2) is 0 Å². The molecule has 0 aromatic carbocycles. The number of Topliss-reactive ketones (excluding diaryl/α,β-unsaturated/α-hetero) is 1. The maximum Gasteiger partial charge on any atom is 0.158 e. The van der Waals surface area contributed by atoms with Crippen LogP contribution in [0.1, 0.15) is 32.1 Å². The predicted octanol–water partition coefficient (Wildman–Crippen LogP) is 1.80. The molecule has 3 heteroatoms. The van der Waals surface area contributed by atoms with Crippen LogP contribution < -0.4 is 0 Å². The van der Waals surface area contributed by atoms with Crippen LogP contribution in [0, 0.1) is 5.92 Å². The Kier molecular flexibility index (Phi) is 5.80. The molecule has 0 aliphatic heterocycles. The summed E-state index contributed by atoms with van der Waals surface area (Å²) in [5.41, 5.74) is 0. The molecule has 0 amide bonds. The summed E-state index contributed by atoms with van der Waals surface area (Å²) in [6.45, 7) is 1.35. The standard InChI is InChI=1S/C11H20O3/c1-13-6-7-14-9-11(12)8-10-4-2-3-5-10/h10H,2-9H2,1H3. The summed E-state index contributed by atoms with van der Waals surface area (Å²) < 4.78 is 9.99. The fourth-order valence-corrected chi connectivity index (χ4v) is 1.92. The monoisotopic (exact) mass is 200 g/mol. The average molecular weight is 200 g/mol. The van der Waals surface area contributed by atoms with Gasteiger partial charge in [0.1, 0.15) is 6.61 Å². The maximum atomic E-state index is 11.4. The summed E-state index contributed by atoms with van der Waals surface area (Å²) in [5.74, 6) is 0.876. The number of ether oxygens (including phenoxy) is 2. The molecule has 0 saturated heterocycles. The fourth-order valence-electron chi connectivity index (χ4n) is 1.92. The van der Waals surface area contributed by atoms with Gasteiger partial charge in [0.2, 0.25) is 0 Å². The molecular weight excluding hydrogens is 180 g/mol. The summed E-state index contributed by atoms with van der Waals surface area (Å²) in [6.07, 6.45) is 5.76. The Morgan fingerprint density at radius 2 is 2.00 bits per heavy atom. The highest BCUT2D eigenvalue weighted by Gasteiger charge is 2.18. The minimum Gasteiger partial charge on any atom is -0.382 e. The lowest BCUT2D eigenvalue weighted by Crippen LogP contribution is -2.14. The second kappa shape index (κ2) is 6.96. The van der Waals surface area contributed by atoms with Crippen molar-refractivity contribution >= 4 is 5.78 Å². The van der Waals surface area contributed by atoms with Crippen LogP contribution in [0.5, 0.6) is 0 Å². The second-order valence-corrected chi connectivity index (χ2v) is 3.94. The molecular formula is C11H20O3. The molecule has 82 valence electrons. The van der Waals surface area contributed by atoms with E-state index in [4.69, 9.17) is 9.47 Å². The van der Waals surface area contributed by atoms with E-state index in [0.717, 1.165) is 0 Å². The molecule has 0 spiro atoms. The summed E-state index contributed by atoms with van der Waals surface area (Å²) in [4.78, 5) is 11.4. The van der Waals surface area contributed by atoms with Gasteiger partial charge in [-0.05, 0) is 5.92 Å². The summed E-state index contributed by atoms with van der Waals surface area (Å²) in [6, 6.07) is 0. The molecule has 0 aromatic rings. The van der Waals surface area contributed by atoms with Gasteiger partial charge in [0.15, 0.2) is 5.78 Å². The van der Waals surface area contributed by atoms with Crippen LogP contribution in [-0.4, -0.2) is 32.7 Å². The van der Waals surface area contributed by atoms with E-state index in [0.29, 0.717) is 25.6 Å². The van der Waals surface area contributed by atoms with Gasteiger partial charge in [0.05, 0.1) is 13.2 Å². The number of hydrogen-bond donors (Lipinski definition) is 0. The molecule has 0 unspecified atom stereocenters. The molecule has 0 radical (unpaired) electrons. The molecule has 1 aliphatic carbocycles. The van der Waals surface area contributed by atoms with Gasteiger partial charge < -0.3 is 9.47 Å². The Labute approximate surface area is 85.8 Å². The van der Waals surface area contributed by atoms with Crippen molar-refractivity contribution in [2.75, 3.05) is 26.9 Å². The summed E-state index contributed by atoms with van der Waals surface area (Å²) in [5, 5.41) is 0. The lowest BCUT2D eigenvalue weighted by Gasteiger charge is -2.07. The molecule has 0 heterocycles. The first-order valence-electron chi connectivity index (χ1n) is 5.41. The van der Waals surface area contributed by atoms with E-state index >= 15 is 0 Å². The molecule has 1 rings (SSSR count). The largest absolute Gasteiger partial charge is 0.382 e. The summed E-state index contributed by atoms with van der Waals surface area (Å²) >= 11 is 0. The van der Waals surface area contributed by atoms with Crippen molar-refractivity contribution in [2.24, 2.45) is 5.92 Å². The number of methoxy groups -OCH3 is 1. The third-order valence-electron chi connectivity index (χ3n) is 2.69. The Bertz CT molecular complexity index is 162. The van der Waals surface area contributed by atoms with Crippen molar-refractivity contribution in [1.29, 1.82) is 0 Å². The van der Waals surface area contributed by atoms with Crippen LogP contribution in [0.15, 0.2) is 0 Å². The number of rotatable bonds is 7. The predicted molar refractivity (Wildman–Crippen MR) is 54.3 cm³/mol. The van der Waals surface area contributed by atoms with E-state index in [2.05, 4.69) is 0 Å². The van der Waals surface area contributed by atoms with E-state index in [1.54, 1.807) is 7.11 Å². The molecule has 0 N–H and O–H groups in total. The van der Waals surface area contributed by atoms with Gasteiger partial charge in [-0.1, -0.05) is 25.7 Å². The minimum atomic E-state index is 0.244. The highest BCUT2D eigenvalue weighted by Crippen LogP contribution is 2.27. The molecule has 14 heavy (non-hydrogen) atoms. The van der Waals surface area contributed by atoms with Crippen molar-refractivity contribution in [1.82, 2.24) is 0 Å². The average Bonchev–Trinajstić information content (AvgIpc) is 2.65. The molecule has 0 aromatic heterocycles. The van der Waals surface area contributed by atoms with E-state index in [1.807, 2.05) is 0 Å². The zero-order valence-corrected chi connectivity index (χ0v) is 8.96. The smallest absolute Gasteiger partial charge is 0.158 e. The third kappa shape index (κ3) is 4.72. The fraction of sp³-hybridized carbons (Fsp3) is 0.909. The van der Waals surface area contributed by atoms with Gasteiger partial charge in [-0.2, -0.15) is 0 Å². The van der Waals surface area contributed by atoms with Crippen LogP contribution >= 0.6 is 0 Å². The maximum absolute atomic E-state index is 11.4. The van der Waals surface area contributed by atoms with Gasteiger partial charge in [-0.3, -0.25) is 4.79 Å². The Hall–Kier alpha value is -0.410. The molecule has 1 aliphatic rings. The SMILES string of the molecule is COCCOCC(=O)CC1CCCC1. The normalized spacial score (nSPS) is 17.5. The van der Waals surface area contributed by atoms with Gasteiger partial charge >= 0.3 is 0 Å². The highest BCUT2D eigenvalue weighted by atomic mass is 16.5. The molecule has 0 atom stereocenters. The van der Waals surface area contributed by atoms with E-state index in [9.17, 15) is 4.79 Å². The van der Waals surface area contributed by atoms with Crippen LogP contribution in [0.2, 0.25) is 0 Å². The van der Waals surface area contributed by atoms with E-state index in [1.165, 1.54) is 25.7 Å². The number of hydrogen-bond acceptors (Lipinski definition) is 3. The van der Waals surface area contributed by atoms with Crippen LogP contribution in [0.25, 0.3) is 0 Å². The summed E-state index contributed by atoms with van der Waals surface area (Å²) in [7, 11) is 1.63. The second-order valence-electron chi connectivity index (χ2n) is 3.94. The highest BCUT2D eigenvalue weighted by molar-refractivity contribution is 5.79. The number of carbonyl (C=O) groups excluding carboxylic acids is 1. The zero-order chi connectivity index (χ0) is 10.2. The molecule has 3 nitrogen and oxygen atoms in total. The van der Waals surface area contributed by atoms with Crippen LogP contribution in [-0.2, 0) is 14.3 Å². The Morgan fingerprint density at radius 3 is 2.64 bits per heavy atom. The van der Waals surface area contributed by atoms with E-state index < -0.39 is 0 Å². The lowest BCUT2D eigenvalue weighted by atomic mass is 10.0. The van der Waals surface area contributed by atoms with Crippen LogP contribution in [0.4, 0.5) is 0 Å². The van der Waals surface area contributed by atoms with Crippen molar-refractivity contribution in [3.8, 4) is 0 Å². The lowest BCUT2D eigenvalue weighted by molar-refractivity contribution is -0.124. The van der Waals surface area contributed by atoms with Gasteiger partial charge in [-0.15, -0.1) is 0 Å². The number of carbonyl (C=O) groups is 1. The van der Waals surface area contributed by atoms with Crippen molar-refractivity contribution in [2.45, 2.75) is 32.1 Å². The van der Waals surface area contributed by atoms with E-state index in [-0.39, 0.29) is 12.4 Å². The topological polar surface area (TPSA) is 35.5 Å². The first kappa shape index (κ1) is 11.7. The number of ketones is 1. The quantitative estimate of drug-likeness (QED) is 0.588. The van der Waals surface area contributed by atoms with Gasteiger partial charge in [0, 0.05) is 13.5 Å². The molecule has 1 fully saturated rings. The van der Waals surface area contributed by atoms with Crippen molar-refractivity contribution < 1.29 is 14.3 Å². The Morgan fingerprint density at radius 1 is 1.29 bits per heavy atom. The minimum absolute atomic E-state index is 0.244. The van der Waals surface area contributed by atoms with Crippen molar-refractivity contribution in [3.05, 3.63) is 0 Å². The third-order valence-corrected chi connectivity index (χ3v) is 2.69.